The van der Waals surface area contributed by atoms with E-state index < -0.39 is 5.95 Å². The molecule has 0 radical (unpaired) electrons. The van der Waals surface area contributed by atoms with Crippen molar-refractivity contribution in [1.29, 1.82) is 0 Å². The molecule has 0 atom stereocenters. The number of halogens is 2. The van der Waals surface area contributed by atoms with Gasteiger partial charge in [0.05, 0.1) is 0 Å². The number of hydrogen-bond donors (Lipinski definition) is 1. The molecule has 1 N–H and O–H groups in total. The Kier molecular flexibility index (Phi) is 4.70. The van der Waals surface area contributed by atoms with Crippen molar-refractivity contribution in [3.05, 3.63) is 12.5 Å². The fourth-order valence-electron chi connectivity index (χ4n) is 0.168. The number of hydrogen-bond acceptors (Lipinski definition) is 2. The summed E-state index contributed by atoms with van der Waals surface area (Å²) < 4.78 is 16.1. The summed E-state index contributed by atoms with van der Waals surface area (Å²) in [6, 6.07) is 0.0558. The molecule has 0 unspecified atom stereocenters. The highest BCUT2D eigenvalue weighted by Crippen LogP contribution is 1.82. The Balaban J connectivity index is 2.82. The normalized spacial score (nSPS) is 8.75. The average molecular weight is 140 g/mol. The van der Waals surface area contributed by atoms with Crippen molar-refractivity contribution in [2.45, 2.75) is 0 Å². The van der Waals surface area contributed by atoms with Crippen LogP contribution in [0.4, 0.5) is 4.39 Å². The van der Waals surface area contributed by atoms with E-state index in [4.69, 9.17) is 11.6 Å². The van der Waals surface area contributed by atoms with Crippen LogP contribution in [0.1, 0.15) is 0 Å². The molecule has 0 aromatic carbocycles. The van der Waals surface area contributed by atoms with Crippen LogP contribution in [0.2, 0.25) is 0 Å². The van der Waals surface area contributed by atoms with E-state index in [1.165, 1.54) is 0 Å². The van der Waals surface area contributed by atoms with Gasteiger partial charge >= 0.3 is 0 Å². The van der Waals surface area contributed by atoms with Crippen LogP contribution < -0.4 is 5.32 Å². The second kappa shape index (κ2) is 4.87. The summed E-state index contributed by atoms with van der Waals surface area (Å²) in [5.74, 6) is -0.616. The average Bonchev–Trinajstić information content (AvgIpc) is 1.66. The lowest BCUT2D eigenvalue weighted by atomic mass is 10.9. The first kappa shape index (κ1) is 7.72. The van der Waals surface area contributed by atoms with E-state index in [0.29, 0.717) is 0 Å². The van der Waals surface area contributed by atoms with Crippen molar-refractivity contribution in [1.82, 2.24) is 5.32 Å². The van der Waals surface area contributed by atoms with Gasteiger partial charge in [0, 0.05) is 0 Å². The van der Waals surface area contributed by atoms with Crippen molar-refractivity contribution < 1.29 is 9.13 Å². The lowest BCUT2D eigenvalue weighted by Crippen LogP contribution is -2.13. The predicted molar refractivity (Wildman–Crippen MR) is 30.1 cm³/mol. The van der Waals surface area contributed by atoms with Crippen LogP contribution in [0, 0.1) is 0 Å². The zero-order chi connectivity index (χ0) is 6.41. The minimum Gasteiger partial charge on any atom is -0.346 e. The molecule has 4 heteroatoms. The highest BCUT2D eigenvalue weighted by atomic mass is 35.5. The summed E-state index contributed by atoms with van der Waals surface area (Å²) in [5.41, 5.74) is 0. The molecule has 48 valence electrons. The number of rotatable bonds is 4. The van der Waals surface area contributed by atoms with E-state index in [1.807, 2.05) is 0 Å². The zero-order valence-corrected chi connectivity index (χ0v) is 5.04. The van der Waals surface area contributed by atoms with E-state index in [0.717, 1.165) is 0 Å². The Labute approximate surface area is 52.3 Å². The summed E-state index contributed by atoms with van der Waals surface area (Å²) in [7, 11) is 0. The minimum atomic E-state index is -0.616. The first-order valence-corrected chi connectivity index (χ1v) is 2.53. The maximum absolute atomic E-state index is 11.6. The van der Waals surface area contributed by atoms with Crippen molar-refractivity contribution in [2.24, 2.45) is 0 Å². The van der Waals surface area contributed by atoms with E-state index in [2.05, 4.69) is 16.6 Å². The van der Waals surface area contributed by atoms with Crippen LogP contribution in [0.3, 0.4) is 0 Å². The molecule has 0 spiro atoms. The molecular weight excluding hydrogens is 133 g/mol. The second-order valence-electron chi connectivity index (χ2n) is 1.04. The molecule has 0 aliphatic heterocycles. The summed E-state index contributed by atoms with van der Waals surface area (Å²) >= 11 is 5.07. The predicted octanol–water partition coefficient (Wildman–Crippen LogP) is 1.19. The molecule has 0 aromatic heterocycles. The zero-order valence-electron chi connectivity index (χ0n) is 4.29. The molecule has 0 heterocycles. The van der Waals surface area contributed by atoms with Crippen molar-refractivity contribution in [3.8, 4) is 0 Å². The third kappa shape index (κ3) is 5.72. The molecule has 8 heavy (non-hydrogen) atoms. The lowest BCUT2D eigenvalue weighted by Gasteiger charge is -1.98. The fraction of sp³-hybridized carbons (Fsp3) is 0.500. The van der Waals surface area contributed by atoms with Gasteiger partial charge in [-0.2, -0.15) is 4.39 Å². The first-order valence-electron chi connectivity index (χ1n) is 1.99. The van der Waals surface area contributed by atoms with Gasteiger partial charge in [-0.3, -0.25) is 0 Å². The van der Waals surface area contributed by atoms with Gasteiger partial charge in [-0.1, -0.05) is 11.6 Å². The van der Waals surface area contributed by atoms with E-state index in [9.17, 15) is 4.39 Å². The van der Waals surface area contributed by atoms with Crippen molar-refractivity contribution in [2.75, 3.05) is 12.8 Å². The third-order valence-corrected chi connectivity index (χ3v) is 0.598. The summed E-state index contributed by atoms with van der Waals surface area (Å²) in [5, 5.41) is 2.18. The van der Waals surface area contributed by atoms with Gasteiger partial charge in [-0.05, 0) is 6.58 Å². The summed E-state index contributed by atoms with van der Waals surface area (Å²) in [4.78, 5) is 0. The Morgan fingerprint density at radius 3 is 2.88 bits per heavy atom. The summed E-state index contributed by atoms with van der Waals surface area (Å²) in [6.45, 7) is 2.99. The van der Waals surface area contributed by atoms with Gasteiger partial charge in [0.15, 0.2) is 5.95 Å². The summed E-state index contributed by atoms with van der Waals surface area (Å²) in [6.07, 6.45) is 0. The Bertz CT molecular complexity index is 78.4. The highest BCUT2D eigenvalue weighted by molar-refractivity contribution is 6.17. The molecular formula is C4H7ClFNO. The van der Waals surface area contributed by atoms with Crippen LogP contribution in [0.25, 0.3) is 0 Å². The molecule has 0 aromatic rings. The SMILES string of the molecule is C=C(F)NCOCCl. The van der Waals surface area contributed by atoms with Gasteiger partial charge in [-0.25, -0.2) is 0 Å². The van der Waals surface area contributed by atoms with E-state index >= 15 is 0 Å². The van der Waals surface area contributed by atoms with E-state index in [1.54, 1.807) is 0 Å². The lowest BCUT2D eigenvalue weighted by molar-refractivity contribution is 0.159. The van der Waals surface area contributed by atoms with Gasteiger partial charge < -0.3 is 10.1 Å². The van der Waals surface area contributed by atoms with Crippen LogP contribution in [-0.2, 0) is 4.74 Å². The molecule has 2 nitrogen and oxygen atoms in total. The molecule has 0 aliphatic rings. The Morgan fingerprint density at radius 2 is 2.50 bits per heavy atom. The third-order valence-electron chi connectivity index (χ3n) is 0.443. The molecule has 0 fully saturated rings. The Hall–Kier alpha value is -0.280. The topological polar surface area (TPSA) is 21.3 Å². The maximum atomic E-state index is 11.6. The molecule has 0 aliphatic carbocycles. The molecule has 0 bridgehead atoms. The van der Waals surface area contributed by atoms with Gasteiger partial charge in [-0.15, -0.1) is 0 Å². The van der Waals surface area contributed by atoms with Gasteiger partial charge in [0.2, 0.25) is 0 Å². The number of alkyl halides is 1. The standard InChI is InChI=1S/C4H7ClFNO/c1-4(6)7-3-8-2-5/h7H,1-3H2. The molecule has 0 saturated heterocycles. The van der Waals surface area contributed by atoms with Crippen LogP contribution in [0.15, 0.2) is 12.5 Å². The van der Waals surface area contributed by atoms with Crippen LogP contribution in [0.5, 0.6) is 0 Å². The largest absolute Gasteiger partial charge is 0.346 e. The first-order chi connectivity index (χ1) is 3.77. The highest BCUT2D eigenvalue weighted by Gasteiger charge is 1.83. The second-order valence-corrected chi connectivity index (χ2v) is 1.26. The number of nitrogens with one attached hydrogen (secondary N) is 1. The van der Waals surface area contributed by atoms with Gasteiger partial charge in [0.1, 0.15) is 12.8 Å². The van der Waals surface area contributed by atoms with Crippen molar-refractivity contribution in [3.63, 3.8) is 0 Å². The fourth-order valence-corrected chi connectivity index (χ4v) is 0.245. The molecule has 0 rings (SSSR count). The molecule has 0 amide bonds. The monoisotopic (exact) mass is 139 g/mol. The van der Waals surface area contributed by atoms with Crippen LogP contribution in [-0.4, -0.2) is 12.8 Å². The van der Waals surface area contributed by atoms with Crippen molar-refractivity contribution >= 4 is 11.6 Å². The van der Waals surface area contributed by atoms with Crippen LogP contribution >= 0.6 is 11.6 Å². The minimum absolute atomic E-state index is 0.0558. The smallest absolute Gasteiger partial charge is 0.181 e. The number of ether oxygens (including phenoxy) is 1. The molecule has 0 saturated carbocycles. The maximum Gasteiger partial charge on any atom is 0.181 e. The van der Waals surface area contributed by atoms with E-state index in [-0.39, 0.29) is 12.8 Å². The Morgan fingerprint density at radius 1 is 1.88 bits per heavy atom. The van der Waals surface area contributed by atoms with Gasteiger partial charge in [0.25, 0.3) is 0 Å². The quantitative estimate of drug-likeness (QED) is 0.273.